The van der Waals surface area contributed by atoms with Crippen LogP contribution in [0.5, 0.6) is 0 Å². The third kappa shape index (κ3) is 1.95. The zero-order chi connectivity index (χ0) is 14.1. The van der Waals surface area contributed by atoms with Gasteiger partial charge in [-0.3, -0.25) is 14.9 Å². The van der Waals surface area contributed by atoms with Crippen molar-refractivity contribution in [3.8, 4) is 0 Å². The van der Waals surface area contributed by atoms with Crippen molar-refractivity contribution >= 4 is 22.4 Å². The molecular formula is C15H9NO4. The van der Waals surface area contributed by atoms with Gasteiger partial charge in [0.2, 0.25) is 5.78 Å². The van der Waals surface area contributed by atoms with Gasteiger partial charge in [0.05, 0.1) is 6.07 Å². The molecule has 3 aromatic rings. The normalized spacial score (nSPS) is 10.6. The molecule has 0 amide bonds. The van der Waals surface area contributed by atoms with Crippen LogP contribution in [0.2, 0.25) is 0 Å². The van der Waals surface area contributed by atoms with E-state index in [9.17, 15) is 14.9 Å². The quantitative estimate of drug-likeness (QED) is 0.413. The van der Waals surface area contributed by atoms with Crippen LogP contribution >= 0.6 is 0 Å². The maximum absolute atomic E-state index is 12.4. The van der Waals surface area contributed by atoms with Gasteiger partial charge in [0.15, 0.2) is 5.76 Å². The lowest BCUT2D eigenvalue weighted by Crippen LogP contribution is -2.00. The fourth-order valence-electron chi connectivity index (χ4n) is 2.10. The van der Waals surface area contributed by atoms with E-state index in [1.54, 1.807) is 12.1 Å². The first-order valence-corrected chi connectivity index (χ1v) is 5.93. The van der Waals surface area contributed by atoms with Crippen LogP contribution < -0.4 is 0 Å². The van der Waals surface area contributed by atoms with E-state index in [4.69, 9.17) is 4.42 Å². The Bertz CT molecular complexity index is 814. The summed E-state index contributed by atoms with van der Waals surface area (Å²) in [6.45, 7) is 0. The predicted molar refractivity (Wildman–Crippen MR) is 72.7 cm³/mol. The molecule has 0 atom stereocenters. The van der Waals surface area contributed by atoms with Crippen LogP contribution in [0.15, 0.2) is 59.0 Å². The molecule has 0 unspecified atom stereocenters. The van der Waals surface area contributed by atoms with Gasteiger partial charge in [-0.05, 0) is 16.8 Å². The number of hydrogen-bond donors (Lipinski definition) is 0. The first-order valence-electron chi connectivity index (χ1n) is 5.93. The van der Waals surface area contributed by atoms with Gasteiger partial charge in [0, 0.05) is 5.56 Å². The first-order chi connectivity index (χ1) is 9.66. The lowest BCUT2D eigenvalue weighted by Gasteiger charge is -2.03. The summed E-state index contributed by atoms with van der Waals surface area (Å²) < 4.78 is 4.96. The molecule has 5 nitrogen and oxygen atoms in total. The highest BCUT2D eigenvalue weighted by Gasteiger charge is 2.19. The monoisotopic (exact) mass is 267 g/mol. The third-order valence-electron chi connectivity index (χ3n) is 3.03. The third-order valence-corrected chi connectivity index (χ3v) is 3.03. The molecule has 0 radical (unpaired) electrons. The van der Waals surface area contributed by atoms with Crippen LogP contribution in [0, 0.1) is 10.1 Å². The van der Waals surface area contributed by atoms with Gasteiger partial charge in [-0.25, -0.2) is 0 Å². The number of carbonyl (C=O) groups excluding carboxylic acids is 1. The average molecular weight is 267 g/mol. The van der Waals surface area contributed by atoms with Crippen molar-refractivity contribution in [1.29, 1.82) is 0 Å². The van der Waals surface area contributed by atoms with Crippen molar-refractivity contribution in [2.75, 3.05) is 0 Å². The molecule has 1 aromatic heterocycles. The molecule has 5 heteroatoms. The predicted octanol–water partition coefficient (Wildman–Crippen LogP) is 3.57. The molecule has 0 aliphatic rings. The fraction of sp³-hybridized carbons (Fsp3) is 0. The van der Waals surface area contributed by atoms with Crippen molar-refractivity contribution in [2.24, 2.45) is 0 Å². The second kappa shape index (κ2) is 4.62. The number of nitro groups is 1. The van der Waals surface area contributed by atoms with Gasteiger partial charge in [0.25, 0.3) is 0 Å². The van der Waals surface area contributed by atoms with Crippen molar-refractivity contribution in [3.63, 3.8) is 0 Å². The number of furan rings is 1. The number of carbonyl (C=O) groups is 1. The number of rotatable bonds is 3. The summed E-state index contributed by atoms with van der Waals surface area (Å²) in [7, 11) is 0. The van der Waals surface area contributed by atoms with Crippen molar-refractivity contribution < 1.29 is 14.1 Å². The Kier molecular flexibility index (Phi) is 2.80. The summed E-state index contributed by atoms with van der Waals surface area (Å²) in [6.07, 6.45) is 0. The molecule has 20 heavy (non-hydrogen) atoms. The highest BCUT2D eigenvalue weighted by Crippen LogP contribution is 2.24. The van der Waals surface area contributed by atoms with Gasteiger partial charge in [-0.2, -0.15) is 0 Å². The summed E-state index contributed by atoms with van der Waals surface area (Å²) in [4.78, 5) is 22.3. The van der Waals surface area contributed by atoms with Crippen LogP contribution in [0.4, 0.5) is 5.88 Å². The summed E-state index contributed by atoms with van der Waals surface area (Å²) in [5.74, 6) is -0.837. The summed E-state index contributed by atoms with van der Waals surface area (Å²) >= 11 is 0. The lowest BCUT2D eigenvalue weighted by molar-refractivity contribution is -0.402. The molecule has 3 rings (SSSR count). The Labute approximate surface area is 113 Å². The highest BCUT2D eigenvalue weighted by atomic mass is 16.6. The summed E-state index contributed by atoms with van der Waals surface area (Å²) in [5.41, 5.74) is 0.465. The Morgan fingerprint density at radius 2 is 1.75 bits per heavy atom. The largest absolute Gasteiger partial charge is 0.433 e. The van der Waals surface area contributed by atoms with Crippen molar-refractivity contribution in [1.82, 2.24) is 0 Å². The molecule has 2 aromatic carbocycles. The second-order valence-electron chi connectivity index (χ2n) is 4.25. The van der Waals surface area contributed by atoms with Crippen LogP contribution in [-0.4, -0.2) is 10.7 Å². The van der Waals surface area contributed by atoms with Crippen LogP contribution in [0.3, 0.4) is 0 Å². The maximum Gasteiger partial charge on any atom is 0.433 e. The van der Waals surface area contributed by atoms with E-state index < -0.39 is 10.8 Å². The molecule has 0 bridgehead atoms. The highest BCUT2D eigenvalue weighted by molar-refractivity contribution is 6.15. The molecule has 0 N–H and O–H groups in total. The zero-order valence-corrected chi connectivity index (χ0v) is 10.3. The van der Waals surface area contributed by atoms with Gasteiger partial charge < -0.3 is 4.42 Å². The molecular weight excluding hydrogens is 258 g/mol. The number of hydrogen-bond acceptors (Lipinski definition) is 4. The Morgan fingerprint density at radius 3 is 2.50 bits per heavy atom. The molecule has 1 heterocycles. The zero-order valence-electron chi connectivity index (χ0n) is 10.3. The lowest BCUT2D eigenvalue weighted by atomic mass is 10.0. The van der Waals surface area contributed by atoms with Crippen LogP contribution in [0.25, 0.3) is 10.8 Å². The molecule has 0 spiro atoms. The minimum Gasteiger partial charge on any atom is -0.397 e. The SMILES string of the molecule is O=C(c1ccc([N+](=O)[O-])o1)c1cccc2ccccc12. The fourth-order valence-corrected chi connectivity index (χ4v) is 2.10. The Morgan fingerprint density at radius 1 is 1.00 bits per heavy atom. The van der Waals surface area contributed by atoms with Crippen molar-refractivity contribution in [2.45, 2.75) is 0 Å². The van der Waals surface area contributed by atoms with E-state index in [1.807, 2.05) is 30.3 Å². The summed E-state index contributed by atoms with van der Waals surface area (Å²) in [5, 5.41) is 12.3. The Balaban J connectivity index is 2.10. The van der Waals surface area contributed by atoms with E-state index in [0.29, 0.717) is 5.56 Å². The summed E-state index contributed by atoms with van der Waals surface area (Å²) in [6, 6.07) is 15.3. The van der Waals surface area contributed by atoms with Gasteiger partial charge in [-0.1, -0.05) is 42.5 Å². The topological polar surface area (TPSA) is 73.3 Å². The average Bonchev–Trinajstić information content (AvgIpc) is 2.96. The van der Waals surface area contributed by atoms with Gasteiger partial charge in [0.1, 0.15) is 4.92 Å². The van der Waals surface area contributed by atoms with Crippen molar-refractivity contribution in [3.05, 3.63) is 76.0 Å². The maximum atomic E-state index is 12.4. The van der Waals surface area contributed by atoms with Crippen LogP contribution in [-0.2, 0) is 0 Å². The molecule has 0 aliphatic heterocycles. The molecule has 98 valence electrons. The first kappa shape index (κ1) is 12.1. The molecule has 0 fully saturated rings. The number of ketones is 1. The van der Waals surface area contributed by atoms with E-state index in [0.717, 1.165) is 10.8 Å². The van der Waals surface area contributed by atoms with E-state index in [1.165, 1.54) is 12.1 Å². The number of fused-ring (bicyclic) bond motifs is 1. The van der Waals surface area contributed by atoms with E-state index in [2.05, 4.69) is 0 Å². The van der Waals surface area contributed by atoms with E-state index in [-0.39, 0.29) is 11.5 Å². The Hall–Kier alpha value is -2.95. The minimum absolute atomic E-state index is 0.0342. The van der Waals surface area contributed by atoms with Crippen LogP contribution in [0.1, 0.15) is 16.1 Å². The van der Waals surface area contributed by atoms with E-state index >= 15 is 0 Å². The standard InChI is InChI=1S/C15H9NO4/c17-15(13-8-9-14(20-13)16(18)19)12-7-3-5-10-4-1-2-6-11(10)12/h1-9H. The molecule has 0 saturated heterocycles. The van der Waals surface area contributed by atoms with Gasteiger partial charge in [-0.15, -0.1) is 0 Å². The number of nitrogens with zero attached hydrogens (tertiary/aromatic N) is 1. The number of benzene rings is 2. The smallest absolute Gasteiger partial charge is 0.397 e. The molecule has 0 saturated carbocycles. The second-order valence-corrected chi connectivity index (χ2v) is 4.25. The molecule has 0 aliphatic carbocycles. The van der Waals surface area contributed by atoms with Gasteiger partial charge >= 0.3 is 5.88 Å². The minimum atomic E-state index is -0.667.